The fourth-order valence-electron chi connectivity index (χ4n) is 1.93. The minimum Gasteiger partial charge on any atom is -0.508 e. The van der Waals surface area contributed by atoms with Gasteiger partial charge in [-0.25, -0.2) is 0 Å². The van der Waals surface area contributed by atoms with Gasteiger partial charge < -0.3 is 19.5 Å². The Labute approximate surface area is 106 Å². The Hall–Kier alpha value is -1.59. The first kappa shape index (κ1) is 12.9. The Morgan fingerprint density at radius 1 is 1.50 bits per heavy atom. The van der Waals surface area contributed by atoms with Crippen molar-refractivity contribution in [1.29, 1.82) is 0 Å². The second kappa shape index (κ2) is 5.84. The number of aromatic hydroxyl groups is 1. The molecule has 2 rings (SSSR count). The first-order chi connectivity index (χ1) is 8.72. The van der Waals surface area contributed by atoms with E-state index in [1.165, 1.54) is 0 Å². The molecule has 1 heterocycles. The quantitative estimate of drug-likeness (QED) is 0.875. The average molecular weight is 251 g/mol. The van der Waals surface area contributed by atoms with Crippen LogP contribution in [0, 0.1) is 0 Å². The van der Waals surface area contributed by atoms with Gasteiger partial charge in [-0.15, -0.1) is 0 Å². The van der Waals surface area contributed by atoms with Gasteiger partial charge in [0.05, 0.1) is 19.8 Å². The molecule has 1 aliphatic heterocycles. The first-order valence-corrected chi connectivity index (χ1v) is 6.02. The zero-order valence-electron chi connectivity index (χ0n) is 10.3. The highest BCUT2D eigenvalue weighted by molar-refractivity contribution is 5.96. The van der Waals surface area contributed by atoms with Crippen molar-refractivity contribution in [1.82, 2.24) is 0 Å². The van der Waals surface area contributed by atoms with Gasteiger partial charge in [0, 0.05) is 18.3 Å². The van der Waals surface area contributed by atoms with E-state index < -0.39 is 6.10 Å². The molecule has 0 aliphatic carbocycles. The Morgan fingerprint density at radius 3 is 2.94 bits per heavy atom. The summed E-state index contributed by atoms with van der Waals surface area (Å²) in [6.07, 6.45) is -0.555. The molecular weight excluding hydrogens is 234 g/mol. The number of hydrogen-bond donors (Lipinski definition) is 1. The van der Waals surface area contributed by atoms with Gasteiger partial charge in [-0.3, -0.25) is 4.79 Å². The van der Waals surface area contributed by atoms with Crippen LogP contribution in [-0.2, 0) is 14.3 Å². The van der Waals surface area contributed by atoms with Crippen molar-refractivity contribution < 1.29 is 19.4 Å². The van der Waals surface area contributed by atoms with Gasteiger partial charge >= 0.3 is 0 Å². The highest BCUT2D eigenvalue weighted by Gasteiger charge is 2.27. The molecule has 1 saturated heterocycles. The van der Waals surface area contributed by atoms with Gasteiger partial charge in [0.25, 0.3) is 5.91 Å². The largest absolute Gasteiger partial charge is 0.508 e. The summed E-state index contributed by atoms with van der Waals surface area (Å²) < 4.78 is 10.6. The second-order valence-corrected chi connectivity index (χ2v) is 4.04. The number of hydrogen-bond acceptors (Lipinski definition) is 4. The standard InChI is InChI=1S/C13H17NO4/c1-2-14(10-4-3-5-11(15)8-10)13(16)12-9-17-6-7-18-12/h3-5,8,12,15H,2,6-7,9H2,1H3. The van der Waals surface area contributed by atoms with E-state index in [0.717, 1.165) is 0 Å². The van der Waals surface area contributed by atoms with Crippen LogP contribution in [0.1, 0.15) is 6.92 Å². The minimum absolute atomic E-state index is 0.136. The molecule has 18 heavy (non-hydrogen) atoms. The number of ether oxygens (including phenoxy) is 2. The molecule has 1 N–H and O–H groups in total. The van der Waals surface area contributed by atoms with Crippen LogP contribution < -0.4 is 4.90 Å². The molecule has 1 fully saturated rings. The van der Waals surface area contributed by atoms with Gasteiger partial charge in [-0.05, 0) is 19.1 Å². The van der Waals surface area contributed by atoms with Gasteiger partial charge in [0.15, 0.2) is 6.10 Å². The number of carbonyl (C=O) groups excluding carboxylic acids is 1. The van der Waals surface area contributed by atoms with E-state index in [2.05, 4.69) is 0 Å². The molecule has 0 aromatic heterocycles. The van der Waals surface area contributed by atoms with E-state index in [1.807, 2.05) is 6.92 Å². The Bertz CT molecular complexity index is 415. The van der Waals surface area contributed by atoms with Crippen molar-refractivity contribution in [3.63, 3.8) is 0 Å². The monoisotopic (exact) mass is 251 g/mol. The lowest BCUT2D eigenvalue weighted by Crippen LogP contribution is -2.45. The Balaban J connectivity index is 2.14. The number of rotatable bonds is 3. The molecule has 0 saturated carbocycles. The highest BCUT2D eigenvalue weighted by Crippen LogP contribution is 2.21. The van der Waals surface area contributed by atoms with Gasteiger partial charge in [-0.2, -0.15) is 0 Å². The highest BCUT2D eigenvalue weighted by atomic mass is 16.6. The van der Waals surface area contributed by atoms with Crippen molar-refractivity contribution >= 4 is 11.6 Å². The number of nitrogens with zero attached hydrogens (tertiary/aromatic N) is 1. The van der Waals surface area contributed by atoms with Crippen LogP contribution in [0.4, 0.5) is 5.69 Å². The zero-order valence-corrected chi connectivity index (χ0v) is 10.3. The van der Waals surface area contributed by atoms with Gasteiger partial charge in [0.1, 0.15) is 5.75 Å². The number of likely N-dealkylation sites (N-methyl/N-ethyl adjacent to an activating group) is 1. The number of phenolic OH excluding ortho intramolecular Hbond substituents is 1. The maximum absolute atomic E-state index is 12.3. The number of benzene rings is 1. The van der Waals surface area contributed by atoms with Crippen molar-refractivity contribution in [3.05, 3.63) is 24.3 Å². The molecule has 0 bridgehead atoms. The molecule has 1 atom stereocenters. The summed E-state index contributed by atoms with van der Waals surface area (Å²) in [7, 11) is 0. The average Bonchev–Trinajstić information content (AvgIpc) is 2.40. The van der Waals surface area contributed by atoms with E-state index in [0.29, 0.717) is 25.4 Å². The summed E-state index contributed by atoms with van der Waals surface area (Å²) in [5, 5.41) is 9.46. The lowest BCUT2D eigenvalue weighted by molar-refractivity contribution is -0.144. The summed E-state index contributed by atoms with van der Waals surface area (Å²) in [5.74, 6) is 0.00219. The number of anilines is 1. The van der Waals surface area contributed by atoms with Crippen LogP contribution in [0.15, 0.2) is 24.3 Å². The van der Waals surface area contributed by atoms with Gasteiger partial charge in [0.2, 0.25) is 0 Å². The maximum Gasteiger partial charge on any atom is 0.258 e. The molecule has 0 spiro atoms. The molecule has 1 amide bonds. The number of carbonyl (C=O) groups is 1. The summed E-state index contributed by atoms with van der Waals surface area (Å²) >= 11 is 0. The summed E-state index contributed by atoms with van der Waals surface area (Å²) in [6.45, 7) is 3.65. The van der Waals surface area contributed by atoms with Crippen LogP contribution in [0.5, 0.6) is 5.75 Å². The predicted molar refractivity (Wildman–Crippen MR) is 66.7 cm³/mol. The minimum atomic E-state index is -0.555. The second-order valence-electron chi connectivity index (χ2n) is 4.04. The van der Waals surface area contributed by atoms with Crippen molar-refractivity contribution in [2.75, 3.05) is 31.3 Å². The van der Waals surface area contributed by atoms with E-state index in [-0.39, 0.29) is 18.3 Å². The van der Waals surface area contributed by atoms with E-state index in [1.54, 1.807) is 29.2 Å². The van der Waals surface area contributed by atoms with Crippen molar-refractivity contribution in [2.24, 2.45) is 0 Å². The predicted octanol–water partition coefficient (Wildman–Crippen LogP) is 1.16. The molecule has 1 aliphatic rings. The van der Waals surface area contributed by atoms with E-state index in [9.17, 15) is 9.90 Å². The van der Waals surface area contributed by atoms with Crippen LogP contribution in [0.2, 0.25) is 0 Å². The molecule has 1 unspecified atom stereocenters. The molecule has 1 aromatic rings. The molecule has 0 radical (unpaired) electrons. The lowest BCUT2D eigenvalue weighted by Gasteiger charge is -2.28. The fourth-order valence-corrected chi connectivity index (χ4v) is 1.93. The van der Waals surface area contributed by atoms with E-state index in [4.69, 9.17) is 9.47 Å². The van der Waals surface area contributed by atoms with Gasteiger partial charge in [-0.1, -0.05) is 6.07 Å². The maximum atomic E-state index is 12.3. The van der Waals surface area contributed by atoms with Crippen LogP contribution in [-0.4, -0.2) is 43.5 Å². The Kier molecular flexibility index (Phi) is 4.17. The van der Waals surface area contributed by atoms with Crippen molar-refractivity contribution in [3.8, 4) is 5.75 Å². The topological polar surface area (TPSA) is 59.0 Å². The molecular formula is C13H17NO4. The first-order valence-electron chi connectivity index (χ1n) is 6.02. The summed E-state index contributed by atoms with van der Waals surface area (Å²) in [5.41, 5.74) is 0.664. The molecule has 98 valence electrons. The zero-order chi connectivity index (χ0) is 13.0. The van der Waals surface area contributed by atoms with Crippen LogP contribution in [0.3, 0.4) is 0 Å². The normalized spacial score (nSPS) is 19.5. The number of phenols is 1. The summed E-state index contributed by atoms with van der Waals surface area (Å²) in [6, 6.07) is 6.62. The SMILES string of the molecule is CCN(C(=O)C1COCCO1)c1cccc(O)c1. The third-order valence-electron chi connectivity index (χ3n) is 2.82. The number of amides is 1. The van der Waals surface area contributed by atoms with Crippen LogP contribution >= 0.6 is 0 Å². The third-order valence-corrected chi connectivity index (χ3v) is 2.82. The molecule has 5 heteroatoms. The third kappa shape index (κ3) is 2.80. The van der Waals surface area contributed by atoms with E-state index >= 15 is 0 Å². The molecule has 1 aromatic carbocycles. The molecule has 5 nitrogen and oxygen atoms in total. The lowest BCUT2D eigenvalue weighted by atomic mass is 10.2. The van der Waals surface area contributed by atoms with Crippen molar-refractivity contribution in [2.45, 2.75) is 13.0 Å². The van der Waals surface area contributed by atoms with Crippen LogP contribution in [0.25, 0.3) is 0 Å². The fraction of sp³-hybridized carbons (Fsp3) is 0.462. The summed E-state index contributed by atoms with van der Waals surface area (Å²) in [4.78, 5) is 13.9. The smallest absolute Gasteiger partial charge is 0.258 e. The Morgan fingerprint density at radius 2 is 2.33 bits per heavy atom.